The third-order valence-corrected chi connectivity index (χ3v) is 4.26. The molecule has 3 nitrogen and oxygen atoms in total. The number of hydrogen-bond acceptors (Lipinski definition) is 2. The lowest BCUT2D eigenvalue weighted by Crippen LogP contribution is -2.16. The van der Waals surface area contributed by atoms with Crippen LogP contribution in [0.15, 0.2) is 54.1 Å². The Morgan fingerprint density at radius 2 is 1.67 bits per heavy atom. The number of alkyl halides is 3. The quantitative estimate of drug-likeness (QED) is 0.731. The first kappa shape index (κ1) is 20.6. The molecule has 0 spiro atoms. The lowest BCUT2D eigenvalue weighted by atomic mass is 9.92. The average molecular weight is 377 g/mol. The molecule has 6 heteroatoms. The standard InChI is InChI=1S/C14H16F3NO.C7H6O/c1-3-9(10(4-2)13(18)19)11-7-5-6-8-12(11)14(15,16)17;1-3-7-4-2-6(1)5-8-7/h5-8H,3-4H2,1-2H3,(H2,18,19);1-4H,5H2. The Hall–Kier alpha value is -2.76. The van der Waals surface area contributed by atoms with Crippen molar-refractivity contribution in [3.8, 4) is 5.75 Å². The van der Waals surface area contributed by atoms with E-state index >= 15 is 0 Å². The molecule has 0 radical (unpaired) electrons. The number of ether oxygens (including phenoxy) is 1. The summed E-state index contributed by atoms with van der Waals surface area (Å²) in [5, 5.41) is 0. The van der Waals surface area contributed by atoms with Gasteiger partial charge in [0.05, 0.1) is 5.56 Å². The van der Waals surface area contributed by atoms with E-state index in [1.165, 1.54) is 23.8 Å². The van der Waals surface area contributed by atoms with Crippen molar-refractivity contribution in [2.75, 3.05) is 0 Å². The Bertz CT molecular complexity index is 801. The fourth-order valence-corrected chi connectivity index (χ4v) is 2.94. The molecule has 0 saturated carbocycles. The van der Waals surface area contributed by atoms with Gasteiger partial charge in [0.15, 0.2) is 0 Å². The van der Waals surface area contributed by atoms with Crippen molar-refractivity contribution in [3.05, 3.63) is 70.8 Å². The minimum atomic E-state index is -4.45. The van der Waals surface area contributed by atoms with E-state index in [9.17, 15) is 18.0 Å². The van der Waals surface area contributed by atoms with Crippen LogP contribution < -0.4 is 10.5 Å². The summed E-state index contributed by atoms with van der Waals surface area (Å²) in [5.74, 6) is 0.316. The molecule has 0 unspecified atom stereocenters. The lowest BCUT2D eigenvalue weighted by Gasteiger charge is -2.16. The number of hydrogen-bond donors (Lipinski definition) is 1. The molecule has 0 fully saturated rings. The molecule has 2 N–H and O–H groups in total. The van der Waals surface area contributed by atoms with Crippen LogP contribution in [0.1, 0.15) is 43.4 Å². The summed E-state index contributed by atoms with van der Waals surface area (Å²) < 4.78 is 44.1. The minimum Gasteiger partial charge on any atom is -0.489 e. The van der Waals surface area contributed by atoms with Crippen molar-refractivity contribution in [2.45, 2.75) is 39.5 Å². The van der Waals surface area contributed by atoms with Crippen LogP contribution in [0.3, 0.4) is 0 Å². The van der Waals surface area contributed by atoms with Gasteiger partial charge in [-0.2, -0.15) is 13.2 Å². The number of halogens is 3. The van der Waals surface area contributed by atoms with Gasteiger partial charge < -0.3 is 10.5 Å². The fraction of sp³-hybridized carbons (Fsp3) is 0.286. The average Bonchev–Trinajstić information content (AvgIpc) is 2.67. The summed E-state index contributed by atoms with van der Waals surface area (Å²) in [6, 6.07) is 13.4. The maximum Gasteiger partial charge on any atom is 0.416 e. The smallest absolute Gasteiger partial charge is 0.416 e. The van der Waals surface area contributed by atoms with Gasteiger partial charge in [0.1, 0.15) is 12.4 Å². The Morgan fingerprint density at radius 3 is 2.00 bits per heavy atom. The molecule has 0 aliphatic carbocycles. The lowest BCUT2D eigenvalue weighted by molar-refractivity contribution is -0.137. The zero-order chi connectivity index (χ0) is 20.0. The molecule has 2 heterocycles. The second-order valence-electron chi connectivity index (χ2n) is 6.00. The zero-order valence-electron chi connectivity index (χ0n) is 15.3. The minimum absolute atomic E-state index is 0.0353. The Labute approximate surface area is 156 Å². The second kappa shape index (κ2) is 8.75. The fourth-order valence-electron chi connectivity index (χ4n) is 2.94. The van der Waals surface area contributed by atoms with Crippen LogP contribution in [0.25, 0.3) is 5.57 Å². The number of fused-ring (bicyclic) bond motifs is 3. The number of rotatable bonds is 4. The molecule has 0 atom stereocenters. The molecular weight excluding hydrogens is 355 g/mol. The van der Waals surface area contributed by atoms with Crippen LogP contribution in [0, 0.1) is 0 Å². The number of benzene rings is 2. The second-order valence-corrected chi connectivity index (χ2v) is 6.00. The molecule has 2 bridgehead atoms. The van der Waals surface area contributed by atoms with Crippen LogP contribution in [-0.4, -0.2) is 5.91 Å². The van der Waals surface area contributed by atoms with Crippen molar-refractivity contribution in [1.29, 1.82) is 0 Å². The van der Waals surface area contributed by atoms with Crippen molar-refractivity contribution in [3.63, 3.8) is 0 Å². The number of nitrogens with two attached hydrogens (primary N) is 1. The van der Waals surface area contributed by atoms with Gasteiger partial charge in [-0.3, -0.25) is 4.79 Å². The van der Waals surface area contributed by atoms with E-state index in [1.54, 1.807) is 13.8 Å². The van der Waals surface area contributed by atoms with Crippen molar-refractivity contribution in [1.82, 2.24) is 0 Å². The van der Waals surface area contributed by atoms with Gasteiger partial charge in [-0.1, -0.05) is 44.2 Å². The molecule has 1 amide bonds. The zero-order valence-corrected chi connectivity index (χ0v) is 15.3. The highest BCUT2D eigenvalue weighted by Gasteiger charge is 2.34. The van der Waals surface area contributed by atoms with Gasteiger partial charge in [0, 0.05) is 5.57 Å². The molecule has 2 aromatic rings. The third-order valence-electron chi connectivity index (χ3n) is 4.26. The van der Waals surface area contributed by atoms with Crippen molar-refractivity contribution >= 4 is 11.5 Å². The van der Waals surface area contributed by atoms with E-state index in [0.717, 1.165) is 18.4 Å². The SMILES string of the molecule is CCC(C(N)=O)=C(CC)c1ccccc1C(F)(F)F.c1cc2ccc1CO2. The number of allylic oxidation sites excluding steroid dienone is 1. The summed E-state index contributed by atoms with van der Waals surface area (Å²) in [6.07, 6.45) is -3.82. The third kappa shape index (κ3) is 5.12. The van der Waals surface area contributed by atoms with E-state index in [-0.39, 0.29) is 11.1 Å². The highest BCUT2D eigenvalue weighted by molar-refractivity contribution is 6.00. The van der Waals surface area contributed by atoms with E-state index in [1.807, 2.05) is 12.1 Å². The topological polar surface area (TPSA) is 52.3 Å². The van der Waals surface area contributed by atoms with Gasteiger partial charge >= 0.3 is 6.18 Å². The number of amides is 1. The first-order valence-corrected chi connectivity index (χ1v) is 8.68. The first-order valence-electron chi connectivity index (χ1n) is 8.68. The molecule has 2 aliphatic heterocycles. The summed E-state index contributed by atoms with van der Waals surface area (Å²) in [4.78, 5) is 11.3. The number of carbonyl (C=O) groups excluding carboxylic acids is 1. The number of carbonyl (C=O) groups is 1. The van der Waals surface area contributed by atoms with Gasteiger partial charge in [-0.05, 0) is 47.7 Å². The van der Waals surface area contributed by atoms with E-state index in [0.29, 0.717) is 18.4 Å². The van der Waals surface area contributed by atoms with Crippen LogP contribution in [-0.2, 0) is 17.6 Å². The molecule has 27 heavy (non-hydrogen) atoms. The molecule has 0 saturated heterocycles. The summed E-state index contributed by atoms with van der Waals surface area (Å²) in [5.41, 5.74) is 6.42. The summed E-state index contributed by atoms with van der Waals surface area (Å²) in [6.45, 7) is 4.18. The highest BCUT2D eigenvalue weighted by Crippen LogP contribution is 2.37. The largest absolute Gasteiger partial charge is 0.489 e. The molecule has 4 rings (SSSR count). The van der Waals surface area contributed by atoms with Crippen LogP contribution >= 0.6 is 0 Å². The summed E-state index contributed by atoms with van der Waals surface area (Å²) >= 11 is 0. The number of primary amides is 1. The molecule has 0 aromatic heterocycles. The summed E-state index contributed by atoms with van der Waals surface area (Å²) in [7, 11) is 0. The van der Waals surface area contributed by atoms with Gasteiger partial charge in [0.2, 0.25) is 5.91 Å². The van der Waals surface area contributed by atoms with E-state index in [4.69, 9.17) is 10.5 Å². The van der Waals surface area contributed by atoms with E-state index in [2.05, 4.69) is 12.1 Å². The van der Waals surface area contributed by atoms with Crippen molar-refractivity contribution in [2.24, 2.45) is 5.73 Å². The Morgan fingerprint density at radius 1 is 1.04 bits per heavy atom. The van der Waals surface area contributed by atoms with Gasteiger partial charge in [-0.15, -0.1) is 0 Å². The predicted octanol–water partition coefficient (Wildman–Crippen LogP) is 5.34. The van der Waals surface area contributed by atoms with Gasteiger partial charge in [0.25, 0.3) is 0 Å². The molecule has 2 aromatic carbocycles. The van der Waals surface area contributed by atoms with E-state index < -0.39 is 17.6 Å². The van der Waals surface area contributed by atoms with Crippen LogP contribution in [0.4, 0.5) is 13.2 Å². The normalized spacial score (nSPS) is 13.2. The monoisotopic (exact) mass is 377 g/mol. The highest BCUT2D eigenvalue weighted by atomic mass is 19.4. The Kier molecular flexibility index (Phi) is 6.66. The first-order chi connectivity index (χ1) is 12.8. The van der Waals surface area contributed by atoms with Crippen LogP contribution in [0.5, 0.6) is 5.75 Å². The maximum atomic E-state index is 13.0. The molecular formula is C21H22F3NO2. The predicted molar refractivity (Wildman–Crippen MR) is 98.9 cm³/mol. The van der Waals surface area contributed by atoms with Crippen molar-refractivity contribution < 1.29 is 22.7 Å². The maximum absolute atomic E-state index is 13.0. The molecule has 144 valence electrons. The van der Waals surface area contributed by atoms with Crippen LogP contribution in [0.2, 0.25) is 0 Å². The Balaban J connectivity index is 0.000000266. The van der Waals surface area contributed by atoms with Gasteiger partial charge in [-0.25, -0.2) is 0 Å². The molecule has 2 aliphatic rings.